The maximum atomic E-state index is 13.6. The number of hydrogen-bond donors (Lipinski definition) is 1. The molecule has 110 valence electrons. The number of piperidine rings is 1. The zero-order valence-electron chi connectivity index (χ0n) is 11.9. The van der Waals surface area contributed by atoms with E-state index in [9.17, 15) is 4.39 Å². The van der Waals surface area contributed by atoms with Crippen molar-refractivity contribution < 1.29 is 4.39 Å². The predicted octanol–water partition coefficient (Wildman–Crippen LogP) is 4.52. The summed E-state index contributed by atoms with van der Waals surface area (Å²) in [7, 11) is 0. The maximum Gasteiger partial charge on any atom is 0.123 e. The Morgan fingerprint density at radius 3 is 2.76 bits per heavy atom. The molecule has 21 heavy (non-hydrogen) atoms. The van der Waals surface area contributed by atoms with Crippen molar-refractivity contribution in [2.24, 2.45) is 5.92 Å². The number of nitrogens with one attached hydrogen (secondary N) is 1. The quantitative estimate of drug-likeness (QED) is 0.860. The van der Waals surface area contributed by atoms with E-state index >= 15 is 0 Å². The van der Waals surface area contributed by atoms with Crippen LogP contribution in [-0.4, -0.2) is 13.1 Å². The SMILES string of the molecule is Fc1ccc(Br)c(C2CCNCC2Cc2ccccc2)c1. The molecule has 2 unspecified atom stereocenters. The summed E-state index contributed by atoms with van der Waals surface area (Å²) in [5.74, 6) is 0.751. The molecule has 3 rings (SSSR count). The van der Waals surface area contributed by atoms with E-state index in [1.54, 1.807) is 6.07 Å². The largest absolute Gasteiger partial charge is 0.316 e. The Morgan fingerprint density at radius 1 is 1.14 bits per heavy atom. The van der Waals surface area contributed by atoms with E-state index in [1.807, 2.05) is 12.1 Å². The monoisotopic (exact) mass is 347 g/mol. The van der Waals surface area contributed by atoms with Gasteiger partial charge in [-0.1, -0.05) is 46.3 Å². The Morgan fingerprint density at radius 2 is 1.95 bits per heavy atom. The molecule has 0 amide bonds. The first-order chi connectivity index (χ1) is 10.2. The van der Waals surface area contributed by atoms with Crippen molar-refractivity contribution in [2.45, 2.75) is 18.8 Å². The average molecular weight is 348 g/mol. The number of halogens is 2. The fourth-order valence-corrected chi connectivity index (χ4v) is 3.80. The maximum absolute atomic E-state index is 13.6. The van der Waals surface area contributed by atoms with Crippen molar-refractivity contribution in [2.75, 3.05) is 13.1 Å². The topological polar surface area (TPSA) is 12.0 Å². The van der Waals surface area contributed by atoms with Crippen LogP contribution in [0.1, 0.15) is 23.5 Å². The van der Waals surface area contributed by atoms with Crippen molar-refractivity contribution in [1.82, 2.24) is 5.32 Å². The summed E-state index contributed by atoms with van der Waals surface area (Å²) in [5.41, 5.74) is 2.46. The first kappa shape index (κ1) is 14.7. The summed E-state index contributed by atoms with van der Waals surface area (Å²) in [6.07, 6.45) is 2.08. The molecule has 2 aromatic rings. The second kappa shape index (κ2) is 6.71. The fraction of sp³-hybridized carbons (Fsp3) is 0.333. The summed E-state index contributed by atoms with van der Waals surface area (Å²) in [6, 6.07) is 15.6. The third kappa shape index (κ3) is 3.53. The highest BCUT2D eigenvalue weighted by Crippen LogP contribution is 2.36. The van der Waals surface area contributed by atoms with Gasteiger partial charge in [-0.2, -0.15) is 0 Å². The van der Waals surface area contributed by atoms with Crippen LogP contribution >= 0.6 is 15.9 Å². The van der Waals surface area contributed by atoms with Gasteiger partial charge in [0.1, 0.15) is 5.82 Å². The van der Waals surface area contributed by atoms with Crippen LogP contribution in [0, 0.1) is 11.7 Å². The van der Waals surface area contributed by atoms with Gasteiger partial charge in [-0.15, -0.1) is 0 Å². The molecular formula is C18H19BrFN. The molecule has 0 aliphatic carbocycles. The molecule has 3 heteroatoms. The summed E-state index contributed by atoms with van der Waals surface area (Å²) < 4.78 is 14.6. The lowest BCUT2D eigenvalue weighted by atomic mass is 9.78. The van der Waals surface area contributed by atoms with Crippen LogP contribution in [0.3, 0.4) is 0 Å². The highest BCUT2D eigenvalue weighted by atomic mass is 79.9. The molecule has 2 atom stereocenters. The number of hydrogen-bond acceptors (Lipinski definition) is 1. The Bertz CT molecular complexity index is 599. The van der Waals surface area contributed by atoms with E-state index in [0.29, 0.717) is 11.8 Å². The van der Waals surface area contributed by atoms with E-state index in [0.717, 1.165) is 36.0 Å². The number of benzene rings is 2. The van der Waals surface area contributed by atoms with E-state index in [1.165, 1.54) is 11.6 Å². The first-order valence-electron chi connectivity index (χ1n) is 7.43. The van der Waals surface area contributed by atoms with Gasteiger partial charge in [0.25, 0.3) is 0 Å². The van der Waals surface area contributed by atoms with Crippen molar-refractivity contribution in [3.63, 3.8) is 0 Å². The summed E-state index contributed by atoms with van der Waals surface area (Å²) in [6.45, 7) is 1.99. The van der Waals surface area contributed by atoms with E-state index in [4.69, 9.17) is 0 Å². The highest BCUT2D eigenvalue weighted by molar-refractivity contribution is 9.10. The lowest BCUT2D eigenvalue weighted by molar-refractivity contribution is 0.322. The molecule has 0 bridgehead atoms. The first-order valence-corrected chi connectivity index (χ1v) is 8.23. The third-order valence-corrected chi connectivity index (χ3v) is 5.03. The van der Waals surface area contributed by atoms with E-state index in [2.05, 4.69) is 45.5 Å². The van der Waals surface area contributed by atoms with Gasteiger partial charge < -0.3 is 5.32 Å². The van der Waals surface area contributed by atoms with Crippen LogP contribution in [0.5, 0.6) is 0 Å². The van der Waals surface area contributed by atoms with Gasteiger partial charge >= 0.3 is 0 Å². The standard InChI is InChI=1S/C18H19BrFN/c19-18-7-6-15(20)11-17(18)16-8-9-21-12-14(16)10-13-4-2-1-3-5-13/h1-7,11,14,16,21H,8-10,12H2. The minimum absolute atomic E-state index is 0.148. The highest BCUT2D eigenvalue weighted by Gasteiger charge is 2.28. The molecule has 0 spiro atoms. The molecule has 1 fully saturated rings. The summed E-state index contributed by atoms with van der Waals surface area (Å²) in [4.78, 5) is 0. The minimum atomic E-state index is -0.148. The van der Waals surface area contributed by atoms with Gasteiger partial charge in [-0.3, -0.25) is 0 Å². The van der Waals surface area contributed by atoms with Crippen LogP contribution in [0.15, 0.2) is 53.0 Å². The minimum Gasteiger partial charge on any atom is -0.316 e. The average Bonchev–Trinajstić information content (AvgIpc) is 2.51. The number of rotatable bonds is 3. The summed E-state index contributed by atoms with van der Waals surface area (Å²) >= 11 is 3.59. The molecule has 1 heterocycles. The van der Waals surface area contributed by atoms with E-state index in [-0.39, 0.29) is 5.82 Å². The Labute approximate surface area is 133 Å². The molecule has 1 aliphatic heterocycles. The molecular weight excluding hydrogens is 329 g/mol. The zero-order chi connectivity index (χ0) is 14.7. The van der Waals surface area contributed by atoms with Crippen LogP contribution in [0.4, 0.5) is 4.39 Å². The summed E-state index contributed by atoms with van der Waals surface area (Å²) in [5, 5.41) is 3.48. The molecule has 0 saturated carbocycles. The van der Waals surface area contributed by atoms with Crippen LogP contribution in [0.2, 0.25) is 0 Å². The van der Waals surface area contributed by atoms with Gasteiger partial charge in [0.15, 0.2) is 0 Å². The van der Waals surface area contributed by atoms with Crippen molar-refractivity contribution in [3.05, 3.63) is 69.9 Å². The molecule has 1 nitrogen and oxygen atoms in total. The second-order valence-electron chi connectivity index (χ2n) is 5.71. The predicted molar refractivity (Wildman–Crippen MR) is 88.0 cm³/mol. The zero-order valence-corrected chi connectivity index (χ0v) is 13.4. The fourth-order valence-electron chi connectivity index (χ4n) is 3.26. The lowest BCUT2D eigenvalue weighted by Gasteiger charge is -2.33. The third-order valence-electron chi connectivity index (χ3n) is 4.31. The van der Waals surface area contributed by atoms with Crippen LogP contribution in [-0.2, 0) is 6.42 Å². The van der Waals surface area contributed by atoms with Gasteiger partial charge in [0.2, 0.25) is 0 Å². The smallest absolute Gasteiger partial charge is 0.123 e. The van der Waals surface area contributed by atoms with Gasteiger partial charge in [-0.05, 0) is 67.1 Å². The molecule has 1 N–H and O–H groups in total. The Balaban J connectivity index is 1.86. The van der Waals surface area contributed by atoms with Crippen molar-refractivity contribution >= 4 is 15.9 Å². The van der Waals surface area contributed by atoms with Crippen molar-refractivity contribution in [1.29, 1.82) is 0 Å². The van der Waals surface area contributed by atoms with Crippen LogP contribution in [0.25, 0.3) is 0 Å². The molecule has 0 radical (unpaired) electrons. The Kier molecular flexibility index (Phi) is 4.71. The van der Waals surface area contributed by atoms with Crippen LogP contribution < -0.4 is 5.32 Å². The van der Waals surface area contributed by atoms with E-state index < -0.39 is 0 Å². The Hall–Kier alpha value is -1.19. The molecule has 2 aromatic carbocycles. The molecule has 1 aliphatic rings. The van der Waals surface area contributed by atoms with Gasteiger partial charge in [0, 0.05) is 4.47 Å². The van der Waals surface area contributed by atoms with Crippen molar-refractivity contribution in [3.8, 4) is 0 Å². The van der Waals surface area contributed by atoms with Gasteiger partial charge in [0.05, 0.1) is 0 Å². The molecule has 0 aromatic heterocycles. The van der Waals surface area contributed by atoms with Gasteiger partial charge in [-0.25, -0.2) is 4.39 Å². The molecule has 1 saturated heterocycles. The second-order valence-corrected chi connectivity index (χ2v) is 6.57. The normalized spacial score (nSPS) is 22.2. The lowest BCUT2D eigenvalue weighted by Crippen LogP contribution is -2.36.